The summed E-state index contributed by atoms with van der Waals surface area (Å²) in [4.78, 5) is 8.73. The predicted octanol–water partition coefficient (Wildman–Crippen LogP) is 3.72. The standard InChI is InChI=1S/C16H11ClN2O2/c17-11-8-12(16-13(9-11)18-3-4-19-16)10-1-2-14-15(7-10)21-6-5-20-14/h1-4,7-9H,5-6H2. The van der Waals surface area contributed by atoms with Crippen molar-refractivity contribution in [1.29, 1.82) is 0 Å². The molecule has 1 aliphatic rings. The second-order valence-electron chi connectivity index (χ2n) is 4.74. The van der Waals surface area contributed by atoms with Crippen LogP contribution in [0.2, 0.25) is 5.02 Å². The van der Waals surface area contributed by atoms with Crippen molar-refractivity contribution in [3.63, 3.8) is 0 Å². The van der Waals surface area contributed by atoms with Crippen LogP contribution in [0.4, 0.5) is 0 Å². The minimum atomic E-state index is 0.562. The lowest BCUT2D eigenvalue weighted by atomic mass is 10.0. The van der Waals surface area contributed by atoms with E-state index in [0.29, 0.717) is 18.2 Å². The summed E-state index contributed by atoms with van der Waals surface area (Å²) in [5, 5.41) is 0.632. The van der Waals surface area contributed by atoms with Gasteiger partial charge in [0, 0.05) is 23.0 Å². The molecule has 0 radical (unpaired) electrons. The Labute approximate surface area is 126 Å². The molecule has 0 saturated heterocycles. The maximum Gasteiger partial charge on any atom is 0.161 e. The van der Waals surface area contributed by atoms with Crippen LogP contribution in [0.5, 0.6) is 11.5 Å². The highest BCUT2D eigenvalue weighted by Gasteiger charge is 2.14. The van der Waals surface area contributed by atoms with Gasteiger partial charge >= 0.3 is 0 Å². The van der Waals surface area contributed by atoms with Crippen LogP contribution in [0, 0.1) is 0 Å². The second kappa shape index (κ2) is 4.90. The number of aromatic nitrogens is 2. The first-order valence-corrected chi connectivity index (χ1v) is 6.99. The fourth-order valence-electron chi connectivity index (χ4n) is 2.47. The summed E-state index contributed by atoms with van der Waals surface area (Å²) in [6, 6.07) is 9.55. The summed E-state index contributed by atoms with van der Waals surface area (Å²) < 4.78 is 11.2. The molecule has 0 N–H and O–H groups in total. The molecule has 0 bridgehead atoms. The van der Waals surface area contributed by atoms with Crippen molar-refractivity contribution in [2.75, 3.05) is 13.2 Å². The Balaban J connectivity index is 1.94. The Hall–Kier alpha value is -2.33. The molecule has 0 fully saturated rings. The lowest BCUT2D eigenvalue weighted by Gasteiger charge is -2.19. The maximum atomic E-state index is 6.19. The normalized spacial score (nSPS) is 13.4. The fourth-order valence-corrected chi connectivity index (χ4v) is 2.68. The van der Waals surface area contributed by atoms with Gasteiger partial charge in [0.25, 0.3) is 0 Å². The van der Waals surface area contributed by atoms with E-state index in [1.54, 1.807) is 12.4 Å². The van der Waals surface area contributed by atoms with E-state index in [9.17, 15) is 0 Å². The third kappa shape index (κ3) is 2.17. The summed E-state index contributed by atoms with van der Waals surface area (Å²) in [5.41, 5.74) is 3.50. The Morgan fingerprint density at radius 2 is 1.71 bits per heavy atom. The van der Waals surface area contributed by atoms with Gasteiger partial charge in [-0.3, -0.25) is 9.97 Å². The number of hydrogen-bond acceptors (Lipinski definition) is 4. The quantitative estimate of drug-likeness (QED) is 0.687. The summed E-state index contributed by atoms with van der Waals surface area (Å²) in [6.45, 7) is 1.14. The highest BCUT2D eigenvalue weighted by atomic mass is 35.5. The van der Waals surface area contributed by atoms with Gasteiger partial charge in [-0.05, 0) is 29.8 Å². The van der Waals surface area contributed by atoms with E-state index in [1.165, 1.54) is 0 Å². The predicted molar refractivity (Wildman–Crippen MR) is 81.0 cm³/mol. The third-order valence-corrected chi connectivity index (χ3v) is 3.61. The molecule has 3 aromatic rings. The van der Waals surface area contributed by atoms with Crippen molar-refractivity contribution in [3.05, 3.63) is 47.7 Å². The van der Waals surface area contributed by atoms with Crippen molar-refractivity contribution >= 4 is 22.6 Å². The Kier molecular flexibility index (Phi) is 2.89. The molecule has 2 aromatic carbocycles. The van der Waals surface area contributed by atoms with E-state index in [0.717, 1.165) is 33.7 Å². The van der Waals surface area contributed by atoms with E-state index in [2.05, 4.69) is 9.97 Å². The van der Waals surface area contributed by atoms with Crippen LogP contribution >= 0.6 is 11.6 Å². The van der Waals surface area contributed by atoms with Crippen molar-refractivity contribution in [2.45, 2.75) is 0 Å². The highest BCUT2D eigenvalue weighted by Crippen LogP contribution is 2.37. The van der Waals surface area contributed by atoms with Crippen molar-refractivity contribution in [2.24, 2.45) is 0 Å². The topological polar surface area (TPSA) is 44.2 Å². The summed E-state index contributed by atoms with van der Waals surface area (Å²) in [6.07, 6.45) is 3.34. The van der Waals surface area contributed by atoms with E-state index in [-0.39, 0.29) is 0 Å². The van der Waals surface area contributed by atoms with E-state index in [1.807, 2.05) is 30.3 Å². The van der Waals surface area contributed by atoms with Crippen LogP contribution < -0.4 is 9.47 Å². The van der Waals surface area contributed by atoms with Crippen molar-refractivity contribution in [1.82, 2.24) is 9.97 Å². The second-order valence-corrected chi connectivity index (χ2v) is 5.17. The minimum absolute atomic E-state index is 0.562. The SMILES string of the molecule is Clc1cc(-c2ccc3c(c2)OCCO3)c2nccnc2c1. The van der Waals surface area contributed by atoms with Gasteiger partial charge in [0.15, 0.2) is 11.5 Å². The Morgan fingerprint density at radius 1 is 0.905 bits per heavy atom. The molecule has 0 spiro atoms. The largest absolute Gasteiger partial charge is 0.486 e. The van der Waals surface area contributed by atoms with Crippen LogP contribution in [0.15, 0.2) is 42.7 Å². The Bertz CT molecular complexity index is 836. The molecule has 0 aliphatic carbocycles. The van der Waals surface area contributed by atoms with Crippen LogP contribution in [0.25, 0.3) is 22.2 Å². The first kappa shape index (κ1) is 12.4. The van der Waals surface area contributed by atoms with Crippen LogP contribution in [-0.2, 0) is 0 Å². The van der Waals surface area contributed by atoms with E-state index in [4.69, 9.17) is 21.1 Å². The van der Waals surface area contributed by atoms with E-state index >= 15 is 0 Å². The van der Waals surface area contributed by atoms with Gasteiger partial charge in [-0.2, -0.15) is 0 Å². The van der Waals surface area contributed by atoms with Gasteiger partial charge in [0.1, 0.15) is 13.2 Å². The van der Waals surface area contributed by atoms with Gasteiger partial charge in [-0.1, -0.05) is 17.7 Å². The monoisotopic (exact) mass is 298 g/mol. The minimum Gasteiger partial charge on any atom is -0.486 e. The number of benzene rings is 2. The lowest BCUT2D eigenvalue weighted by molar-refractivity contribution is 0.171. The highest BCUT2D eigenvalue weighted by molar-refractivity contribution is 6.31. The molecular formula is C16H11ClN2O2. The van der Waals surface area contributed by atoms with Crippen molar-refractivity contribution in [3.8, 4) is 22.6 Å². The van der Waals surface area contributed by atoms with Crippen molar-refractivity contribution < 1.29 is 9.47 Å². The number of hydrogen-bond donors (Lipinski definition) is 0. The van der Waals surface area contributed by atoms with Crippen LogP contribution in [-0.4, -0.2) is 23.2 Å². The van der Waals surface area contributed by atoms with Gasteiger partial charge in [0.2, 0.25) is 0 Å². The number of ether oxygens (including phenoxy) is 2. The zero-order valence-electron chi connectivity index (χ0n) is 11.0. The van der Waals surface area contributed by atoms with Crippen LogP contribution in [0.1, 0.15) is 0 Å². The smallest absolute Gasteiger partial charge is 0.161 e. The fraction of sp³-hybridized carbons (Fsp3) is 0.125. The zero-order valence-corrected chi connectivity index (χ0v) is 11.8. The molecule has 1 aromatic heterocycles. The molecular weight excluding hydrogens is 288 g/mol. The number of fused-ring (bicyclic) bond motifs is 2. The Morgan fingerprint density at radius 3 is 2.62 bits per heavy atom. The third-order valence-electron chi connectivity index (χ3n) is 3.39. The van der Waals surface area contributed by atoms with Gasteiger partial charge < -0.3 is 9.47 Å². The first-order valence-electron chi connectivity index (χ1n) is 6.61. The van der Waals surface area contributed by atoms with Gasteiger partial charge in [-0.25, -0.2) is 0 Å². The molecule has 0 atom stereocenters. The average Bonchev–Trinajstić information content (AvgIpc) is 2.53. The first-order chi connectivity index (χ1) is 10.3. The molecule has 2 heterocycles. The molecule has 4 nitrogen and oxygen atoms in total. The summed E-state index contributed by atoms with van der Waals surface area (Å²) in [7, 11) is 0. The van der Waals surface area contributed by atoms with Crippen LogP contribution in [0.3, 0.4) is 0 Å². The number of halogens is 1. The molecule has 104 valence electrons. The zero-order chi connectivity index (χ0) is 14.2. The average molecular weight is 299 g/mol. The van der Waals surface area contributed by atoms with E-state index < -0.39 is 0 Å². The summed E-state index contributed by atoms with van der Waals surface area (Å²) >= 11 is 6.19. The number of nitrogens with zero attached hydrogens (tertiary/aromatic N) is 2. The molecule has 0 saturated carbocycles. The van der Waals surface area contributed by atoms with Gasteiger partial charge in [-0.15, -0.1) is 0 Å². The molecule has 5 heteroatoms. The molecule has 4 rings (SSSR count). The maximum absolute atomic E-state index is 6.19. The van der Waals surface area contributed by atoms with Gasteiger partial charge in [0.05, 0.1) is 11.0 Å². The molecule has 21 heavy (non-hydrogen) atoms. The number of rotatable bonds is 1. The molecule has 0 amide bonds. The molecule has 1 aliphatic heterocycles. The summed E-state index contributed by atoms with van der Waals surface area (Å²) in [5.74, 6) is 1.51. The lowest BCUT2D eigenvalue weighted by Crippen LogP contribution is -2.15. The molecule has 0 unspecified atom stereocenters.